The molecule has 7 heteroatoms. The van der Waals surface area contributed by atoms with Crippen LogP contribution in [-0.4, -0.2) is 13.5 Å². The van der Waals surface area contributed by atoms with Gasteiger partial charge in [-0.05, 0) is 56.3 Å². The van der Waals surface area contributed by atoms with E-state index in [1.54, 1.807) is 44.2 Å². The van der Waals surface area contributed by atoms with Gasteiger partial charge in [0.2, 0.25) is 0 Å². The highest BCUT2D eigenvalue weighted by Gasteiger charge is 2.18. The molecule has 1 heterocycles. The number of aliphatic hydroxyl groups excluding tert-OH is 1. The Hall–Kier alpha value is -1.83. The Labute approximate surface area is 148 Å². The molecule has 3 rings (SSSR count). The van der Waals surface area contributed by atoms with Crippen LogP contribution in [0, 0.1) is 6.92 Å². The molecule has 0 radical (unpaired) electrons. The fourth-order valence-corrected chi connectivity index (χ4v) is 3.96. The molecule has 1 aromatic heterocycles. The summed E-state index contributed by atoms with van der Waals surface area (Å²) in [4.78, 5) is 0.171. The van der Waals surface area contributed by atoms with Gasteiger partial charge in [0, 0.05) is 21.1 Å². The molecule has 24 heavy (non-hydrogen) atoms. The molecule has 0 saturated heterocycles. The normalized spacial score (nSPS) is 13.2. The van der Waals surface area contributed by atoms with E-state index in [-0.39, 0.29) is 4.90 Å². The van der Waals surface area contributed by atoms with Gasteiger partial charge in [0.25, 0.3) is 10.0 Å². The Morgan fingerprint density at radius 1 is 1.17 bits per heavy atom. The number of hydrogen-bond acceptors (Lipinski definition) is 4. The van der Waals surface area contributed by atoms with Crippen LogP contribution in [0.25, 0.3) is 11.0 Å². The number of aryl methyl sites for hydroxylation is 1. The second-order valence-electron chi connectivity index (χ2n) is 5.52. The zero-order valence-corrected chi connectivity index (χ0v) is 15.5. The molecule has 0 aliphatic heterocycles. The summed E-state index contributed by atoms with van der Waals surface area (Å²) in [5, 5.41) is 10.6. The minimum absolute atomic E-state index is 0.171. The standard InChI is InChI=1S/C17H16BrNO4S/c1-10(20)17-11(2)23-16-8-5-13(9-15(16)17)19-24(21,22)14-6-3-12(18)4-7-14/h3-10,19-20H,1-2H3. The van der Waals surface area contributed by atoms with Gasteiger partial charge in [0.05, 0.1) is 11.0 Å². The molecular formula is C17H16BrNO4S. The molecule has 0 aliphatic carbocycles. The summed E-state index contributed by atoms with van der Waals surface area (Å²) in [7, 11) is -3.69. The Morgan fingerprint density at radius 2 is 1.83 bits per heavy atom. The van der Waals surface area contributed by atoms with E-state index in [9.17, 15) is 13.5 Å². The summed E-state index contributed by atoms with van der Waals surface area (Å²) in [5.74, 6) is 0.618. The molecule has 2 N–H and O–H groups in total. The average Bonchev–Trinajstić information content (AvgIpc) is 2.82. The fourth-order valence-electron chi connectivity index (χ4n) is 2.65. The van der Waals surface area contributed by atoms with Crippen molar-refractivity contribution >= 4 is 42.6 Å². The first-order valence-electron chi connectivity index (χ1n) is 7.27. The summed E-state index contributed by atoms with van der Waals surface area (Å²) in [5.41, 5.74) is 1.68. The van der Waals surface area contributed by atoms with Crippen molar-refractivity contribution in [3.8, 4) is 0 Å². The highest BCUT2D eigenvalue weighted by atomic mass is 79.9. The second-order valence-corrected chi connectivity index (χ2v) is 8.12. The molecule has 0 bridgehead atoms. The molecule has 0 aliphatic rings. The lowest BCUT2D eigenvalue weighted by atomic mass is 10.1. The highest BCUT2D eigenvalue weighted by Crippen LogP contribution is 2.32. The summed E-state index contributed by atoms with van der Waals surface area (Å²) in [6.07, 6.45) is -0.704. The Kier molecular flexibility index (Phi) is 4.42. The van der Waals surface area contributed by atoms with Crippen molar-refractivity contribution in [2.45, 2.75) is 24.8 Å². The van der Waals surface area contributed by atoms with Crippen LogP contribution < -0.4 is 4.72 Å². The van der Waals surface area contributed by atoms with Gasteiger partial charge in [-0.1, -0.05) is 15.9 Å². The fraction of sp³-hybridized carbons (Fsp3) is 0.176. The molecular weight excluding hydrogens is 394 g/mol. The topological polar surface area (TPSA) is 79.5 Å². The summed E-state index contributed by atoms with van der Waals surface area (Å²) in [6.45, 7) is 3.42. The van der Waals surface area contributed by atoms with E-state index >= 15 is 0 Å². The first kappa shape index (κ1) is 17.0. The molecule has 0 saturated carbocycles. The average molecular weight is 410 g/mol. The Bertz CT molecular complexity index is 991. The van der Waals surface area contributed by atoms with Gasteiger partial charge >= 0.3 is 0 Å². The second kappa shape index (κ2) is 6.23. The molecule has 2 aromatic carbocycles. The monoisotopic (exact) mass is 409 g/mol. The predicted octanol–water partition coefficient (Wildman–Crippen LogP) is 4.36. The van der Waals surface area contributed by atoms with Crippen molar-refractivity contribution in [2.24, 2.45) is 0 Å². The maximum absolute atomic E-state index is 12.5. The number of anilines is 1. The number of nitrogens with one attached hydrogen (secondary N) is 1. The third-order valence-electron chi connectivity index (χ3n) is 3.71. The number of benzene rings is 2. The molecule has 0 spiro atoms. The lowest BCUT2D eigenvalue weighted by Gasteiger charge is -2.09. The Morgan fingerprint density at radius 3 is 2.46 bits per heavy atom. The highest BCUT2D eigenvalue weighted by molar-refractivity contribution is 9.10. The molecule has 0 fully saturated rings. The lowest BCUT2D eigenvalue weighted by Crippen LogP contribution is -2.12. The lowest BCUT2D eigenvalue weighted by molar-refractivity contribution is 0.198. The van der Waals surface area contributed by atoms with Crippen LogP contribution in [0.1, 0.15) is 24.4 Å². The first-order chi connectivity index (χ1) is 11.3. The van der Waals surface area contributed by atoms with Crippen molar-refractivity contribution in [3.05, 3.63) is 58.3 Å². The van der Waals surface area contributed by atoms with E-state index < -0.39 is 16.1 Å². The van der Waals surface area contributed by atoms with Gasteiger partial charge in [0.15, 0.2) is 0 Å². The van der Waals surface area contributed by atoms with E-state index in [1.807, 2.05) is 0 Å². The van der Waals surface area contributed by atoms with E-state index in [4.69, 9.17) is 4.42 Å². The van der Waals surface area contributed by atoms with Crippen LogP contribution >= 0.6 is 15.9 Å². The van der Waals surface area contributed by atoms with Gasteiger partial charge in [-0.3, -0.25) is 4.72 Å². The summed E-state index contributed by atoms with van der Waals surface area (Å²) in [6, 6.07) is 11.4. The third-order valence-corrected chi connectivity index (χ3v) is 5.63. The number of hydrogen-bond donors (Lipinski definition) is 2. The molecule has 0 amide bonds. The number of halogens is 1. The number of aliphatic hydroxyl groups is 1. The van der Waals surface area contributed by atoms with Crippen molar-refractivity contribution in [1.29, 1.82) is 0 Å². The van der Waals surface area contributed by atoms with Crippen LogP contribution in [-0.2, 0) is 10.0 Å². The van der Waals surface area contributed by atoms with Crippen molar-refractivity contribution in [3.63, 3.8) is 0 Å². The van der Waals surface area contributed by atoms with Crippen LogP contribution in [0.2, 0.25) is 0 Å². The van der Waals surface area contributed by atoms with Gasteiger partial charge < -0.3 is 9.52 Å². The van der Waals surface area contributed by atoms with Gasteiger partial charge in [-0.2, -0.15) is 0 Å². The molecule has 1 atom stereocenters. The SMILES string of the molecule is Cc1oc2ccc(NS(=O)(=O)c3ccc(Br)cc3)cc2c1C(C)O. The third kappa shape index (κ3) is 3.19. The van der Waals surface area contributed by atoms with Crippen molar-refractivity contribution in [2.75, 3.05) is 4.72 Å². The van der Waals surface area contributed by atoms with Gasteiger partial charge in [-0.25, -0.2) is 8.42 Å². The number of sulfonamides is 1. The van der Waals surface area contributed by atoms with E-state index in [1.165, 1.54) is 12.1 Å². The minimum Gasteiger partial charge on any atom is -0.461 e. The van der Waals surface area contributed by atoms with Crippen LogP contribution in [0.5, 0.6) is 0 Å². The van der Waals surface area contributed by atoms with E-state index in [2.05, 4.69) is 20.7 Å². The van der Waals surface area contributed by atoms with Crippen LogP contribution in [0.3, 0.4) is 0 Å². The minimum atomic E-state index is -3.69. The number of furan rings is 1. The first-order valence-corrected chi connectivity index (χ1v) is 9.55. The van der Waals surface area contributed by atoms with Gasteiger partial charge in [-0.15, -0.1) is 0 Å². The largest absolute Gasteiger partial charge is 0.461 e. The van der Waals surface area contributed by atoms with E-state index in [0.29, 0.717) is 28.0 Å². The number of rotatable bonds is 4. The smallest absolute Gasteiger partial charge is 0.261 e. The maximum atomic E-state index is 12.5. The maximum Gasteiger partial charge on any atom is 0.261 e. The Balaban J connectivity index is 2.01. The summed E-state index contributed by atoms with van der Waals surface area (Å²) < 4.78 is 33.9. The van der Waals surface area contributed by atoms with E-state index in [0.717, 1.165) is 4.47 Å². The van der Waals surface area contributed by atoms with Crippen molar-refractivity contribution < 1.29 is 17.9 Å². The zero-order chi connectivity index (χ0) is 17.5. The molecule has 5 nitrogen and oxygen atoms in total. The zero-order valence-electron chi connectivity index (χ0n) is 13.1. The van der Waals surface area contributed by atoms with Gasteiger partial charge in [0.1, 0.15) is 11.3 Å². The molecule has 1 unspecified atom stereocenters. The van der Waals surface area contributed by atoms with Crippen LogP contribution in [0.4, 0.5) is 5.69 Å². The summed E-state index contributed by atoms with van der Waals surface area (Å²) >= 11 is 3.28. The number of fused-ring (bicyclic) bond motifs is 1. The predicted molar refractivity (Wildman–Crippen MR) is 96.5 cm³/mol. The molecule has 126 valence electrons. The molecule has 3 aromatic rings. The van der Waals surface area contributed by atoms with Crippen LogP contribution in [0.15, 0.2) is 56.2 Å². The quantitative estimate of drug-likeness (QED) is 0.670. The van der Waals surface area contributed by atoms with Crippen molar-refractivity contribution in [1.82, 2.24) is 0 Å².